The minimum atomic E-state index is -0.393. The number of hydrogen-bond acceptors (Lipinski definition) is 3. The summed E-state index contributed by atoms with van der Waals surface area (Å²) in [6.45, 7) is 2.05. The highest BCUT2D eigenvalue weighted by Gasteiger charge is 2.02. The van der Waals surface area contributed by atoms with E-state index in [1.54, 1.807) is 6.20 Å². The molecule has 5 nitrogen and oxygen atoms in total. The number of imidazole rings is 1. The second-order valence-electron chi connectivity index (χ2n) is 2.60. The smallest absolute Gasteiger partial charge is 0.236 e. The van der Waals surface area contributed by atoms with Crippen molar-refractivity contribution in [2.24, 2.45) is 12.8 Å². The van der Waals surface area contributed by atoms with Crippen LogP contribution in [0.1, 0.15) is 5.69 Å². The van der Waals surface area contributed by atoms with Gasteiger partial charge in [-0.3, -0.25) is 4.79 Å². The fourth-order valence-corrected chi connectivity index (χ4v) is 0.825. The van der Waals surface area contributed by atoms with Crippen LogP contribution in [0.4, 0.5) is 5.95 Å². The Hall–Kier alpha value is -1.52. The zero-order chi connectivity index (χ0) is 9.14. The molecule has 0 aromatic carbocycles. The van der Waals surface area contributed by atoms with Crippen molar-refractivity contribution in [2.45, 2.75) is 6.92 Å². The summed E-state index contributed by atoms with van der Waals surface area (Å²) in [5.74, 6) is 0.266. The Kier molecular flexibility index (Phi) is 2.32. The van der Waals surface area contributed by atoms with Gasteiger partial charge in [-0.25, -0.2) is 4.98 Å². The molecule has 5 heteroatoms. The van der Waals surface area contributed by atoms with Gasteiger partial charge in [0.05, 0.1) is 12.7 Å². The molecule has 0 saturated heterocycles. The third kappa shape index (κ3) is 1.75. The molecule has 1 aromatic rings. The maximum atomic E-state index is 10.4. The van der Waals surface area contributed by atoms with Gasteiger partial charge in [0.15, 0.2) is 0 Å². The van der Waals surface area contributed by atoms with E-state index in [4.69, 9.17) is 5.73 Å². The number of amides is 1. The highest BCUT2D eigenvalue weighted by molar-refractivity contribution is 5.78. The predicted octanol–water partition coefficient (Wildman–Crippen LogP) is -0.374. The van der Waals surface area contributed by atoms with Crippen LogP contribution in [-0.4, -0.2) is 22.0 Å². The minimum absolute atomic E-state index is 0.115. The lowest BCUT2D eigenvalue weighted by molar-refractivity contribution is -0.116. The van der Waals surface area contributed by atoms with Crippen LogP contribution in [0.25, 0.3) is 0 Å². The summed E-state index contributed by atoms with van der Waals surface area (Å²) < 4.78 is 1.85. The number of primary amides is 1. The van der Waals surface area contributed by atoms with Crippen LogP contribution >= 0.6 is 0 Å². The maximum absolute atomic E-state index is 10.4. The molecule has 0 fully saturated rings. The van der Waals surface area contributed by atoms with E-state index in [9.17, 15) is 4.79 Å². The number of aromatic nitrogens is 2. The summed E-state index contributed by atoms with van der Waals surface area (Å²) >= 11 is 0. The molecule has 0 spiro atoms. The normalized spacial score (nSPS) is 9.83. The molecule has 0 atom stereocenters. The van der Waals surface area contributed by atoms with Gasteiger partial charge in [0, 0.05) is 12.7 Å². The summed E-state index contributed by atoms with van der Waals surface area (Å²) in [4.78, 5) is 14.4. The van der Waals surface area contributed by atoms with E-state index >= 15 is 0 Å². The summed E-state index contributed by atoms with van der Waals surface area (Å²) in [6.07, 6.45) is 1.73. The van der Waals surface area contributed by atoms with Crippen molar-refractivity contribution in [1.29, 1.82) is 0 Å². The Bertz CT molecular complexity index is 292. The predicted molar refractivity (Wildman–Crippen MR) is 45.6 cm³/mol. The maximum Gasteiger partial charge on any atom is 0.236 e. The number of carbonyl (C=O) groups excluding carboxylic acids is 1. The van der Waals surface area contributed by atoms with Gasteiger partial charge >= 0.3 is 0 Å². The van der Waals surface area contributed by atoms with Gasteiger partial charge in [0.25, 0.3) is 0 Å². The Morgan fingerprint density at radius 1 is 1.83 bits per heavy atom. The van der Waals surface area contributed by atoms with Crippen molar-refractivity contribution in [1.82, 2.24) is 9.55 Å². The molecule has 1 aromatic heterocycles. The van der Waals surface area contributed by atoms with Crippen LogP contribution in [0, 0.1) is 6.92 Å². The molecular weight excluding hydrogens is 156 g/mol. The van der Waals surface area contributed by atoms with Crippen LogP contribution in [-0.2, 0) is 11.8 Å². The van der Waals surface area contributed by atoms with E-state index in [1.807, 2.05) is 18.5 Å². The van der Waals surface area contributed by atoms with Crippen molar-refractivity contribution in [3.8, 4) is 0 Å². The van der Waals surface area contributed by atoms with Gasteiger partial charge in [-0.15, -0.1) is 0 Å². The highest BCUT2D eigenvalue weighted by atomic mass is 16.1. The molecule has 66 valence electrons. The van der Waals surface area contributed by atoms with Crippen LogP contribution in [0.5, 0.6) is 0 Å². The number of carbonyl (C=O) groups is 1. The lowest BCUT2D eigenvalue weighted by Crippen LogP contribution is -2.23. The zero-order valence-electron chi connectivity index (χ0n) is 7.16. The lowest BCUT2D eigenvalue weighted by atomic mass is 10.5. The van der Waals surface area contributed by atoms with Gasteiger partial charge in [-0.1, -0.05) is 0 Å². The van der Waals surface area contributed by atoms with Crippen molar-refractivity contribution in [2.75, 3.05) is 11.9 Å². The number of anilines is 1. The Morgan fingerprint density at radius 3 is 2.92 bits per heavy atom. The van der Waals surface area contributed by atoms with Crippen LogP contribution in [0.2, 0.25) is 0 Å². The van der Waals surface area contributed by atoms with E-state index in [1.165, 1.54) is 0 Å². The quantitative estimate of drug-likeness (QED) is 0.646. The molecule has 0 bridgehead atoms. The summed E-state index contributed by atoms with van der Waals surface area (Å²) in [5.41, 5.74) is 5.99. The third-order valence-electron chi connectivity index (χ3n) is 1.64. The molecule has 0 aliphatic carbocycles. The van der Waals surface area contributed by atoms with Crippen LogP contribution in [0.15, 0.2) is 6.20 Å². The van der Waals surface area contributed by atoms with E-state index in [-0.39, 0.29) is 6.54 Å². The van der Waals surface area contributed by atoms with Crippen LogP contribution < -0.4 is 11.1 Å². The molecule has 1 rings (SSSR count). The number of nitrogens with two attached hydrogens (primary N) is 1. The van der Waals surface area contributed by atoms with Gasteiger partial charge in [-0.05, 0) is 6.92 Å². The summed E-state index contributed by atoms with van der Waals surface area (Å²) in [7, 11) is 1.87. The standard InChI is InChI=1S/C7H12N4O/c1-5-3-9-7(11(5)2)10-4-6(8)12/h3H,4H2,1-2H3,(H2,8,12)(H,9,10). The molecule has 3 N–H and O–H groups in total. The van der Waals surface area contributed by atoms with Crippen molar-refractivity contribution in [3.05, 3.63) is 11.9 Å². The van der Waals surface area contributed by atoms with Gasteiger partial charge in [0.1, 0.15) is 0 Å². The monoisotopic (exact) mass is 168 g/mol. The fraction of sp³-hybridized carbons (Fsp3) is 0.429. The fourth-order valence-electron chi connectivity index (χ4n) is 0.825. The second kappa shape index (κ2) is 3.25. The van der Waals surface area contributed by atoms with Gasteiger partial charge < -0.3 is 15.6 Å². The molecule has 0 aliphatic rings. The van der Waals surface area contributed by atoms with E-state index < -0.39 is 5.91 Å². The number of hydrogen-bond donors (Lipinski definition) is 2. The first-order valence-electron chi connectivity index (χ1n) is 3.61. The Balaban J connectivity index is 2.63. The first-order chi connectivity index (χ1) is 5.61. The third-order valence-corrected chi connectivity index (χ3v) is 1.64. The average molecular weight is 168 g/mol. The number of nitrogens with one attached hydrogen (secondary N) is 1. The van der Waals surface area contributed by atoms with Crippen molar-refractivity contribution >= 4 is 11.9 Å². The molecule has 0 unspecified atom stereocenters. The van der Waals surface area contributed by atoms with E-state index in [0.717, 1.165) is 5.69 Å². The summed E-state index contributed by atoms with van der Waals surface area (Å²) in [6, 6.07) is 0. The molecule has 0 aliphatic heterocycles. The highest BCUT2D eigenvalue weighted by Crippen LogP contribution is 2.05. The first kappa shape index (κ1) is 8.58. The second-order valence-corrected chi connectivity index (χ2v) is 2.60. The Morgan fingerprint density at radius 2 is 2.50 bits per heavy atom. The minimum Gasteiger partial charge on any atom is -0.368 e. The number of aryl methyl sites for hydroxylation is 1. The number of rotatable bonds is 3. The molecule has 0 saturated carbocycles. The van der Waals surface area contributed by atoms with E-state index in [0.29, 0.717) is 5.95 Å². The largest absolute Gasteiger partial charge is 0.368 e. The zero-order valence-corrected chi connectivity index (χ0v) is 7.16. The van der Waals surface area contributed by atoms with Crippen molar-refractivity contribution in [3.63, 3.8) is 0 Å². The first-order valence-corrected chi connectivity index (χ1v) is 3.61. The molecule has 1 heterocycles. The summed E-state index contributed by atoms with van der Waals surface area (Å²) in [5, 5.41) is 2.81. The average Bonchev–Trinajstić information content (AvgIpc) is 2.30. The topological polar surface area (TPSA) is 72.9 Å². The van der Waals surface area contributed by atoms with Crippen LogP contribution in [0.3, 0.4) is 0 Å². The molecular formula is C7H12N4O. The SMILES string of the molecule is Cc1cnc(NCC(N)=O)n1C. The molecule has 1 amide bonds. The molecule has 0 radical (unpaired) electrons. The number of nitrogens with zero attached hydrogens (tertiary/aromatic N) is 2. The van der Waals surface area contributed by atoms with Crippen molar-refractivity contribution < 1.29 is 4.79 Å². The molecule has 12 heavy (non-hydrogen) atoms. The lowest BCUT2D eigenvalue weighted by Gasteiger charge is -2.03. The van der Waals surface area contributed by atoms with E-state index in [2.05, 4.69) is 10.3 Å². The Labute approximate surface area is 70.6 Å². The van der Waals surface area contributed by atoms with Gasteiger partial charge in [0.2, 0.25) is 11.9 Å². The van der Waals surface area contributed by atoms with Gasteiger partial charge in [-0.2, -0.15) is 0 Å².